The van der Waals surface area contributed by atoms with Crippen LogP contribution in [0.15, 0.2) is 18.2 Å². The number of aryl methyl sites for hydroxylation is 2. The maximum Gasteiger partial charge on any atom is 0.0919 e. The molecular formula is C16H25NO. The van der Waals surface area contributed by atoms with Crippen molar-refractivity contribution in [2.24, 2.45) is 11.8 Å². The van der Waals surface area contributed by atoms with Crippen molar-refractivity contribution in [1.29, 1.82) is 0 Å². The van der Waals surface area contributed by atoms with Gasteiger partial charge in [-0.2, -0.15) is 0 Å². The molecule has 1 aromatic rings. The standard InChI is InChI=1S/C16H25NO/c1-11-5-6-12(2)15(7-11)16(18)10-17-8-13(3)14(4)9-17/h5-7,13-14,16,18H,8-10H2,1-4H3. The SMILES string of the molecule is Cc1ccc(C)c(C(O)CN2CC(C)C(C)C2)c1. The molecule has 1 aromatic carbocycles. The Balaban J connectivity index is 2.04. The zero-order valence-corrected chi connectivity index (χ0v) is 12.0. The van der Waals surface area contributed by atoms with Crippen molar-refractivity contribution in [3.8, 4) is 0 Å². The van der Waals surface area contributed by atoms with Gasteiger partial charge in [0, 0.05) is 19.6 Å². The Labute approximate surface area is 111 Å². The molecule has 0 aromatic heterocycles. The van der Waals surface area contributed by atoms with Crippen molar-refractivity contribution < 1.29 is 5.11 Å². The van der Waals surface area contributed by atoms with Crippen LogP contribution in [0, 0.1) is 25.7 Å². The van der Waals surface area contributed by atoms with Gasteiger partial charge in [-0.05, 0) is 36.8 Å². The molecule has 3 atom stereocenters. The largest absolute Gasteiger partial charge is 0.387 e. The highest BCUT2D eigenvalue weighted by atomic mass is 16.3. The molecule has 0 bridgehead atoms. The minimum absolute atomic E-state index is 0.359. The molecule has 2 rings (SSSR count). The highest BCUT2D eigenvalue weighted by Gasteiger charge is 2.27. The zero-order chi connectivity index (χ0) is 13.3. The van der Waals surface area contributed by atoms with Gasteiger partial charge in [0.2, 0.25) is 0 Å². The summed E-state index contributed by atoms with van der Waals surface area (Å²) in [7, 11) is 0. The third-order valence-corrected chi connectivity index (χ3v) is 4.29. The summed E-state index contributed by atoms with van der Waals surface area (Å²) in [6, 6.07) is 6.32. The molecule has 2 heteroatoms. The number of benzene rings is 1. The van der Waals surface area contributed by atoms with Crippen LogP contribution in [0.3, 0.4) is 0 Å². The summed E-state index contributed by atoms with van der Waals surface area (Å²) in [5.41, 5.74) is 3.49. The Hall–Kier alpha value is -0.860. The van der Waals surface area contributed by atoms with Gasteiger partial charge in [0.1, 0.15) is 0 Å². The predicted molar refractivity (Wildman–Crippen MR) is 75.6 cm³/mol. The highest BCUT2D eigenvalue weighted by molar-refractivity contribution is 5.32. The van der Waals surface area contributed by atoms with Crippen LogP contribution in [0.1, 0.15) is 36.6 Å². The lowest BCUT2D eigenvalue weighted by Gasteiger charge is -2.21. The van der Waals surface area contributed by atoms with Gasteiger partial charge in [-0.25, -0.2) is 0 Å². The highest BCUT2D eigenvalue weighted by Crippen LogP contribution is 2.26. The van der Waals surface area contributed by atoms with Crippen molar-refractivity contribution in [3.05, 3.63) is 34.9 Å². The monoisotopic (exact) mass is 247 g/mol. The van der Waals surface area contributed by atoms with Crippen molar-refractivity contribution in [1.82, 2.24) is 4.90 Å². The van der Waals surface area contributed by atoms with Gasteiger partial charge in [-0.15, -0.1) is 0 Å². The van der Waals surface area contributed by atoms with Crippen LogP contribution >= 0.6 is 0 Å². The summed E-state index contributed by atoms with van der Waals surface area (Å²) in [4.78, 5) is 2.39. The molecule has 0 saturated carbocycles. The topological polar surface area (TPSA) is 23.5 Å². The van der Waals surface area contributed by atoms with E-state index in [2.05, 4.69) is 50.8 Å². The molecule has 1 aliphatic heterocycles. The zero-order valence-electron chi connectivity index (χ0n) is 12.0. The van der Waals surface area contributed by atoms with E-state index in [-0.39, 0.29) is 6.10 Å². The van der Waals surface area contributed by atoms with Gasteiger partial charge >= 0.3 is 0 Å². The number of hydrogen-bond donors (Lipinski definition) is 1. The molecule has 1 aliphatic rings. The summed E-state index contributed by atoms with van der Waals surface area (Å²) < 4.78 is 0. The Morgan fingerprint density at radius 3 is 2.44 bits per heavy atom. The lowest BCUT2D eigenvalue weighted by molar-refractivity contribution is 0.123. The van der Waals surface area contributed by atoms with Gasteiger partial charge in [-0.3, -0.25) is 4.90 Å². The number of rotatable bonds is 3. The molecule has 3 unspecified atom stereocenters. The second kappa shape index (κ2) is 5.41. The summed E-state index contributed by atoms with van der Waals surface area (Å²) in [6.45, 7) is 11.7. The Kier molecular flexibility index (Phi) is 4.08. The van der Waals surface area contributed by atoms with Crippen LogP contribution in [-0.2, 0) is 0 Å². The first kappa shape index (κ1) is 13.6. The van der Waals surface area contributed by atoms with Gasteiger partial charge in [-0.1, -0.05) is 37.6 Å². The lowest BCUT2D eigenvalue weighted by atomic mass is 10.0. The molecule has 0 spiro atoms. The maximum atomic E-state index is 10.4. The van der Waals surface area contributed by atoms with Gasteiger partial charge in [0.15, 0.2) is 0 Å². The molecule has 1 fully saturated rings. The van der Waals surface area contributed by atoms with Crippen LogP contribution < -0.4 is 0 Å². The van der Waals surface area contributed by atoms with E-state index in [0.29, 0.717) is 0 Å². The van der Waals surface area contributed by atoms with Crippen molar-refractivity contribution in [2.75, 3.05) is 19.6 Å². The Morgan fingerprint density at radius 1 is 1.22 bits per heavy atom. The molecular weight excluding hydrogens is 222 g/mol. The fourth-order valence-electron chi connectivity index (χ4n) is 2.86. The van der Waals surface area contributed by atoms with Crippen LogP contribution in [0.25, 0.3) is 0 Å². The fourth-order valence-corrected chi connectivity index (χ4v) is 2.86. The quantitative estimate of drug-likeness (QED) is 0.887. The van der Waals surface area contributed by atoms with Crippen molar-refractivity contribution in [3.63, 3.8) is 0 Å². The summed E-state index contributed by atoms with van der Waals surface area (Å²) >= 11 is 0. The number of nitrogens with zero attached hydrogens (tertiary/aromatic N) is 1. The normalized spacial score (nSPS) is 26.5. The third-order valence-electron chi connectivity index (χ3n) is 4.29. The van der Waals surface area contributed by atoms with Crippen molar-refractivity contribution in [2.45, 2.75) is 33.8 Å². The average molecular weight is 247 g/mol. The lowest BCUT2D eigenvalue weighted by Crippen LogP contribution is -2.27. The van der Waals surface area contributed by atoms with Gasteiger partial charge in [0.25, 0.3) is 0 Å². The molecule has 0 radical (unpaired) electrons. The summed E-state index contributed by atoms with van der Waals surface area (Å²) in [5.74, 6) is 1.49. The Morgan fingerprint density at radius 2 is 1.83 bits per heavy atom. The number of β-amino-alcohol motifs (C(OH)–C–C–N with tert-alkyl or cyclic N) is 1. The summed E-state index contributed by atoms with van der Waals surface area (Å²) in [6.07, 6.45) is -0.359. The molecule has 1 N–H and O–H groups in total. The average Bonchev–Trinajstić information content (AvgIpc) is 2.61. The summed E-state index contributed by atoms with van der Waals surface area (Å²) in [5, 5.41) is 10.4. The van der Waals surface area contributed by atoms with Crippen LogP contribution in [-0.4, -0.2) is 29.6 Å². The number of hydrogen-bond acceptors (Lipinski definition) is 2. The van der Waals surface area contributed by atoms with Gasteiger partial charge in [0.05, 0.1) is 6.10 Å². The first-order valence-corrected chi connectivity index (χ1v) is 6.95. The van der Waals surface area contributed by atoms with E-state index in [1.807, 2.05) is 0 Å². The predicted octanol–water partition coefficient (Wildman–Crippen LogP) is 2.92. The van der Waals surface area contributed by atoms with E-state index in [0.717, 1.165) is 37.0 Å². The maximum absolute atomic E-state index is 10.4. The molecule has 18 heavy (non-hydrogen) atoms. The van der Waals surface area contributed by atoms with E-state index in [9.17, 15) is 5.11 Å². The molecule has 0 amide bonds. The van der Waals surface area contributed by atoms with Crippen LogP contribution in [0.5, 0.6) is 0 Å². The molecule has 100 valence electrons. The van der Waals surface area contributed by atoms with E-state index in [4.69, 9.17) is 0 Å². The number of aliphatic hydroxyl groups is 1. The molecule has 1 saturated heterocycles. The molecule has 0 aliphatic carbocycles. The molecule has 1 heterocycles. The second-order valence-corrected chi connectivity index (χ2v) is 6.05. The van der Waals surface area contributed by atoms with Crippen LogP contribution in [0.4, 0.5) is 0 Å². The number of likely N-dealkylation sites (tertiary alicyclic amines) is 1. The molecule has 2 nitrogen and oxygen atoms in total. The van der Waals surface area contributed by atoms with Crippen molar-refractivity contribution >= 4 is 0 Å². The minimum Gasteiger partial charge on any atom is -0.387 e. The first-order valence-electron chi connectivity index (χ1n) is 6.95. The first-order chi connectivity index (χ1) is 8.47. The number of aliphatic hydroxyl groups excluding tert-OH is 1. The van der Waals surface area contributed by atoms with E-state index in [1.165, 1.54) is 11.1 Å². The van der Waals surface area contributed by atoms with E-state index in [1.54, 1.807) is 0 Å². The fraction of sp³-hybridized carbons (Fsp3) is 0.625. The van der Waals surface area contributed by atoms with E-state index < -0.39 is 0 Å². The van der Waals surface area contributed by atoms with E-state index >= 15 is 0 Å². The second-order valence-electron chi connectivity index (χ2n) is 6.05. The smallest absolute Gasteiger partial charge is 0.0919 e. The Bertz CT molecular complexity index is 406. The van der Waals surface area contributed by atoms with Crippen LogP contribution in [0.2, 0.25) is 0 Å². The minimum atomic E-state index is -0.359. The van der Waals surface area contributed by atoms with Gasteiger partial charge < -0.3 is 5.11 Å². The third kappa shape index (κ3) is 2.93.